The van der Waals surface area contributed by atoms with Gasteiger partial charge in [0.1, 0.15) is 11.4 Å². The predicted octanol–water partition coefficient (Wildman–Crippen LogP) is 5.17. The highest BCUT2D eigenvalue weighted by molar-refractivity contribution is 9.10. The quantitative estimate of drug-likeness (QED) is 0.577. The van der Waals surface area contributed by atoms with Crippen LogP contribution in [0.5, 0.6) is 0 Å². The van der Waals surface area contributed by atoms with Crippen LogP contribution >= 0.6 is 15.9 Å². The van der Waals surface area contributed by atoms with Crippen LogP contribution in [0.2, 0.25) is 0 Å². The maximum atomic E-state index is 13.8. The number of anilines is 1. The summed E-state index contributed by atoms with van der Waals surface area (Å²) in [5.74, 6) is -0.464. The molecule has 1 aliphatic heterocycles. The molecule has 1 saturated heterocycles. The lowest BCUT2D eigenvalue weighted by molar-refractivity contribution is -0.138. The third-order valence-corrected chi connectivity index (χ3v) is 5.55. The SMILES string of the molecule is CC(C)(C)OC(=O)N1CCN(Cc2ccc(C(=O)Nc3cc(Br)ccn3)cc2C(F)(F)F)CC1. The highest BCUT2D eigenvalue weighted by Gasteiger charge is 2.35. The van der Waals surface area contributed by atoms with Gasteiger partial charge >= 0.3 is 12.3 Å². The summed E-state index contributed by atoms with van der Waals surface area (Å²) in [5.41, 5.74) is -1.53. The lowest BCUT2D eigenvalue weighted by atomic mass is 10.0. The zero-order valence-corrected chi connectivity index (χ0v) is 20.7. The van der Waals surface area contributed by atoms with Crippen molar-refractivity contribution in [2.45, 2.75) is 39.1 Å². The first-order valence-electron chi connectivity index (χ1n) is 10.6. The first-order valence-corrected chi connectivity index (χ1v) is 11.4. The lowest BCUT2D eigenvalue weighted by Crippen LogP contribution is -2.49. The molecule has 1 aromatic carbocycles. The number of hydrogen-bond donors (Lipinski definition) is 1. The number of carbonyl (C=O) groups excluding carboxylic acids is 2. The second-order valence-corrected chi connectivity index (χ2v) is 9.84. The number of carbonyl (C=O) groups is 2. The number of amides is 2. The van der Waals surface area contributed by atoms with Crippen LogP contribution in [0.3, 0.4) is 0 Å². The molecule has 3 rings (SSSR count). The summed E-state index contributed by atoms with van der Waals surface area (Å²) in [6.45, 7) is 6.91. The Kier molecular flexibility index (Phi) is 7.87. The molecule has 7 nitrogen and oxygen atoms in total. The van der Waals surface area contributed by atoms with E-state index in [2.05, 4.69) is 26.2 Å². The number of benzene rings is 1. The Morgan fingerprint density at radius 1 is 1.09 bits per heavy atom. The molecule has 0 atom stereocenters. The number of nitrogens with one attached hydrogen (secondary N) is 1. The number of pyridine rings is 1. The zero-order chi connectivity index (χ0) is 25.1. The summed E-state index contributed by atoms with van der Waals surface area (Å²) in [5, 5.41) is 2.50. The van der Waals surface area contributed by atoms with Crippen LogP contribution in [-0.4, -0.2) is 58.6 Å². The molecule has 0 unspecified atom stereocenters. The van der Waals surface area contributed by atoms with Gasteiger partial charge in [0.15, 0.2) is 0 Å². The average Bonchev–Trinajstić information content (AvgIpc) is 2.72. The van der Waals surface area contributed by atoms with Crippen molar-refractivity contribution < 1.29 is 27.5 Å². The molecule has 0 bridgehead atoms. The molecule has 1 N–H and O–H groups in total. The van der Waals surface area contributed by atoms with E-state index in [1.807, 2.05) is 4.90 Å². The summed E-state index contributed by atoms with van der Waals surface area (Å²) in [7, 11) is 0. The summed E-state index contributed by atoms with van der Waals surface area (Å²) in [6.07, 6.45) is -3.59. The fourth-order valence-corrected chi connectivity index (χ4v) is 3.77. The maximum Gasteiger partial charge on any atom is 0.416 e. The zero-order valence-electron chi connectivity index (χ0n) is 19.1. The van der Waals surface area contributed by atoms with Gasteiger partial charge in [-0.15, -0.1) is 0 Å². The maximum absolute atomic E-state index is 13.8. The Hall–Kier alpha value is -2.66. The Balaban J connectivity index is 1.69. The van der Waals surface area contributed by atoms with Crippen LogP contribution in [0, 0.1) is 0 Å². The Morgan fingerprint density at radius 3 is 2.35 bits per heavy atom. The van der Waals surface area contributed by atoms with Gasteiger partial charge in [-0.1, -0.05) is 22.0 Å². The average molecular weight is 543 g/mol. The van der Waals surface area contributed by atoms with Gasteiger partial charge in [0.05, 0.1) is 5.56 Å². The van der Waals surface area contributed by atoms with Gasteiger partial charge in [-0.2, -0.15) is 13.2 Å². The van der Waals surface area contributed by atoms with Crippen molar-refractivity contribution in [2.75, 3.05) is 31.5 Å². The van der Waals surface area contributed by atoms with Gasteiger partial charge < -0.3 is 15.0 Å². The van der Waals surface area contributed by atoms with E-state index in [9.17, 15) is 22.8 Å². The highest BCUT2D eigenvalue weighted by atomic mass is 79.9. The van der Waals surface area contributed by atoms with Crippen molar-refractivity contribution in [1.29, 1.82) is 0 Å². The Bertz CT molecular complexity index is 1050. The topological polar surface area (TPSA) is 74.8 Å². The number of piperazine rings is 1. The molecule has 0 radical (unpaired) electrons. The van der Waals surface area contributed by atoms with Crippen LogP contribution in [0.15, 0.2) is 41.0 Å². The first-order chi connectivity index (χ1) is 15.8. The van der Waals surface area contributed by atoms with E-state index in [1.165, 1.54) is 18.3 Å². The number of rotatable bonds is 4. The third kappa shape index (κ3) is 7.17. The normalized spacial score (nSPS) is 15.2. The van der Waals surface area contributed by atoms with E-state index in [0.29, 0.717) is 30.7 Å². The van der Waals surface area contributed by atoms with Crippen molar-refractivity contribution in [1.82, 2.24) is 14.8 Å². The van der Waals surface area contributed by atoms with Crippen LogP contribution < -0.4 is 5.32 Å². The highest BCUT2D eigenvalue weighted by Crippen LogP contribution is 2.33. The first kappa shape index (κ1) is 26.0. The molecule has 0 aliphatic carbocycles. The number of aromatic nitrogens is 1. The van der Waals surface area contributed by atoms with Gasteiger partial charge in [-0.05, 0) is 50.6 Å². The van der Waals surface area contributed by atoms with E-state index >= 15 is 0 Å². The standard InChI is InChI=1S/C23H26BrF3N4O3/c1-22(2,3)34-21(33)31-10-8-30(9-11-31)14-16-5-4-15(12-18(16)23(25,26)27)20(32)29-19-13-17(24)6-7-28-19/h4-7,12-13H,8-11,14H2,1-3H3,(H,28,29,32). The molecule has 0 saturated carbocycles. The van der Waals surface area contributed by atoms with Crippen LogP contribution in [0.1, 0.15) is 42.3 Å². The third-order valence-electron chi connectivity index (χ3n) is 5.06. The molecule has 2 aromatic rings. The van der Waals surface area contributed by atoms with E-state index in [1.54, 1.807) is 37.8 Å². The second-order valence-electron chi connectivity index (χ2n) is 8.93. The minimum Gasteiger partial charge on any atom is -0.444 e. The minimum absolute atomic E-state index is 0.0477. The number of halogens is 4. The summed E-state index contributed by atoms with van der Waals surface area (Å²) < 4.78 is 47.5. The molecule has 0 spiro atoms. The molecule has 2 heterocycles. The molecule has 11 heteroatoms. The van der Waals surface area contributed by atoms with Crippen LogP contribution in [0.4, 0.5) is 23.8 Å². The number of hydrogen-bond acceptors (Lipinski definition) is 5. The van der Waals surface area contributed by atoms with E-state index in [4.69, 9.17) is 4.74 Å². The van der Waals surface area contributed by atoms with Gasteiger partial charge in [-0.25, -0.2) is 9.78 Å². The van der Waals surface area contributed by atoms with Gasteiger partial charge in [0.2, 0.25) is 0 Å². The smallest absolute Gasteiger partial charge is 0.416 e. The van der Waals surface area contributed by atoms with Gasteiger partial charge in [0.25, 0.3) is 5.91 Å². The number of nitrogens with zero attached hydrogens (tertiary/aromatic N) is 3. The van der Waals surface area contributed by atoms with Crippen molar-refractivity contribution in [3.05, 3.63) is 57.7 Å². The fourth-order valence-electron chi connectivity index (χ4n) is 3.44. The number of alkyl halides is 3. The lowest BCUT2D eigenvalue weighted by Gasteiger charge is -2.35. The van der Waals surface area contributed by atoms with E-state index < -0.39 is 29.3 Å². The summed E-state index contributed by atoms with van der Waals surface area (Å²) in [6, 6.07) is 6.77. The molecular formula is C23H26BrF3N4O3. The summed E-state index contributed by atoms with van der Waals surface area (Å²) in [4.78, 5) is 32.1. The molecule has 184 valence electrons. The second kappa shape index (κ2) is 10.3. The molecule has 1 aliphatic rings. The van der Waals surface area contributed by atoms with Crippen LogP contribution in [0.25, 0.3) is 0 Å². The van der Waals surface area contributed by atoms with Crippen molar-refractivity contribution >= 4 is 33.7 Å². The molecule has 1 aromatic heterocycles. The molecule has 1 fully saturated rings. The molecule has 2 amide bonds. The predicted molar refractivity (Wildman–Crippen MR) is 124 cm³/mol. The molecule has 34 heavy (non-hydrogen) atoms. The largest absolute Gasteiger partial charge is 0.444 e. The van der Waals surface area contributed by atoms with Gasteiger partial charge in [-0.3, -0.25) is 9.69 Å². The van der Waals surface area contributed by atoms with Crippen molar-refractivity contribution in [3.63, 3.8) is 0 Å². The van der Waals surface area contributed by atoms with Crippen molar-refractivity contribution in [3.8, 4) is 0 Å². The van der Waals surface area contributed by atoms with E-state index in [-0.39, 0.29) is 23.5 Å². The number of ether oxygens (including phenoxy) is 1. The monoisotopic (exact) mass is 542 g/mol. The van der Waals surface area contributed by atoms with Crippen LogP contribution in [-0.2, 0) is 17.5 Å². The van der Waals surface area contributed by atoms with E-state index in [0.717, 1.165) is 6.07 Å². The minimum atomic E-state index is -4.63. The molecular weight excluding hydrogens is 517 g/mol. The van der Waals surface area contributed by atoms with Crippen molar-refractivity contribution in [2.24, 2.45) is 0 Å². The Labute approximate surface area is 204 Å². The fraction of sp³-hybridized carbons (Fsp3) is 0.435. The summed E-state index contributed by atoms with van der Waals surface area (Å²) >= 11 is 3.25. The Morgan fingerprint density at radius 2 is 1.76 bits per heavy atom. The van der Waals surface area contributed by atoms with Gasteiger partial charge in [0, 0.05) is 49.0 Å².